The normalized spacial score (nSPS) is 10.3. The van der Waals surface area contributed by atoms with Crippen molar-refractivity contribution in [2.75, 3.05) is 11.6 Å². The van der Waals surface area contributed by atoms with Gasteiger partial charge in [-0.05, 0) is 42.5 Å². The number of amides is 1. The Morgan fingerprint density at radius 3 is 2.68 bits per heavy atom. The molecule has 0 bridgehead atoms. The first-order valence-electron chi connectivity index (χ1n) is 6.78. The lowest BCUT2D eigenvalue weighted by molar-refractivity contribution is -0.387. The molecule has 0 aromatic heterocycles. The fraction of sp³-hybridized carbons (Fsp3) is 0.188. The van der Waals surface area contributed by atoms with Crippen LogP contribution in [0.2, 0.25) is 0 Å². The van der Waals surface area contributed by atoms with Gasteiger partial charge in [-0.2, -0.15) is 0 Å². The van der Waals surface area contributed by atoms with Crippen LogP contribution in [0.3, 0.4) is 0 Å². The Labute approximate surface area is 132 Å². The molecule has 1 amide bonds. The van der Waals surface area contributed by atoms with Gasteiger partial charge in [0.2, 0.25) is 0 Å². The van der Waals surface area contributed by atoms with Crippen molar-refractivity contribution in [2.24, 2.45) is 0 Å². The number of rotatable bonds is 5. The molecule has 6 heteroatoms. The number of hydrogen-bond acceptors (Lipinski definition) is 4. The van der Waals surface area contributed by atoms with Gasteiger partial charge in [-0.3, -0.25) is 14.9 Å². The van der Waals surface area contributed by atoms with Gasteiger partial charge in [-0.15, -0.1) is 11.8 Å². The Morgan fingerprint density at radius 2 is 2.05 bits per heavy atom. The van der Waals surface area contributed by atoms with Gasteiger partial charge < -0.3 is 5.32 Å². The molecule has 2 rings (SSSR count). The zero-order valence-corrected chi connectivity index (χ0v) is 13.1. The summed E-state index contributed by atoms with van der Waals surface area (Å²) < 4.78 is 0. The molecule has 0 heterocycles. The smallest absolute Gasteiger partial charge is 0.283 e. The maximum Gasteiger partial charge on any atom is 0.283 e. The van der Waals surface area contributed by atoms with Crippen LogP contribution in [-0.2, 0) is 6.42 Å². The quantitative estimate of drug-likeness (QED) is 0.511. The molecule has 0 aliphatic carbocycles. The van der Waals surface area contributed by atoms with Gasteiger partial charge in [-0.25, -0.2) is 0 Å². The lowest BCUT2D eigenvalue weighted by Gasteiger charge is -2.07. The number of benzene rings is 2. The number of nitrogens with one attached hydrogen (secondary N) is 1. The lowest BCUT2D eigenvalue weighted by Crippen LogP contribution is -2.12. The first kappa shape index (κ1) is 16.0. The topological polar surface area (TPSA) is 72.2 Å². The summed E-state index contributed by atoms with van der Waals surface area (Å²) >= 11 is 1.28. The molecule has 1 N–H and O–H groups in total. The zero-order valence-electron chi connectivity index (χ0n) is 12.3. The van der Waals surface area contributed by atoms with Gasteiger partial charge in [0, 0.05) is 17.3 Å². The molecule has 22 heavy (non-hydrogen) atoms. The van der Waals surface area contributed by atoms with Crippen molar-refractivity contribution in [3.05, 3.63) is 63.7 Å². The van der Waals surface area contributed by atoms with Crippen molar-refractivity contribution >= 4 is 29.0 Å². The number of anilines is 1. The first-order valence-corrected chi connectivity index (χ1v) is 8.00. The average molecular weight is 316 g/mol. The Kier molecular flexibility index (Phi) is 5.16. The summed E-state index contributed by atoms with van der Waals surface area (Å²) in [4.78, 5) is 23.4. The minimum Gasteiger partial charge on any atom is -0.322 e. The summed E-state index contributed by atoms with van der Waals surface area (Å²) in [7, 11) is 0. The van der Waals surface area contributed by atoms with Crippen LogP contribution < -0.4 is 5.32 Å². The molecule has 0 spiro atoms. The maximum absolute atomic E-state index is 12.2. The predicted octanol–water partition coefficient (Wildman–Crippen LogP) is 4.13. The molecular formula is C16H16N2O3S. The van der Waals surface area contributed by atoms with Gasteiger partial charge >= 0.3 is 0 Å². The highest BCUT2D eigenvalue weighted by atomic mass is 32.2. The SMILES string of the molecule is CCc1cccc(NC(=O)c2ccc(SC)c([N+](=O)[O-])c2)c1. The van der Waals surface area contributed by atoms with Crippen LogP contribution in [-0.4, -0.2) is 17.1 Å². The molecule has 0 saturated carbocycles. The monoisotopic (exact) mass is 316 g/mol. The van der Waals surface area contributed by atoms with Crippen molar-refractivity contribution < 1.29 is 9.72 Å². The maximum atomic E-state index is 12.2. The van der Waals surface area contributed by atoms with E-state index in [1.807, 2.05) is 25.1 Å². The van der Waals surface area contributed by atoms with Crippen LogP contribution in [0.1, 0.15) is 22.8 Å². The van der Waals surface area contributed by atoms with E-state index in [1.165, 1.54) is 17.8 Å². The lowest BCUT2D eigenvalue weighted by atomic mass is 10.1. The van der Waals surface area contributed by atoms with E-state index in [4.69, 9.17) is 0 Å². The van der Waals surface area contributed by atoms with Crippen LogP contribution in [0.4, 0.5) is 11.4 Å². The molecule has 0 aliphatic rings. The van der Waals surface area contributed by atoms with Crippen molar-refractivity contribution in [1.29, 1.82) is 0 Å². The van der Waals surface area contributed by atoms with Crippen molar-refractivity contribution in [3.8, 4) is 0 Å². The second-order valence-corrected chi connectivity index (χ2v) is 5.50. The fourth-order valence-corrected chi connectivity index (χ4v) is 2.59. The number of nitro benzene ring substituents is 1. The minimum atomic E-state index is -0.472. The molecular weight excluding hydrogens is 300 g/mol. The molecule has 0 radical (unpaired) electrons. The summed E-state index contributed by atoms with van der Waals surface area (Å²) in [5.74, 6) is -0.357. The molecule has 0 atom stereocenters. The predicted molar refractivity (Wildman–Crippen MR) is 88.7 cm³/mol. The van der Waals surface area contributed by atoms with Crippen LogP contribution in [0.5, 0.6) is 0 Å². The van der Waals surface area contributed by atoms with Crippen molar-refractivity contribution in [2.45, 2.75) is 18.2 Å². The van der Waals surface area contributed by atoms with E-state index in [-0.39, 0.29) is 17.2 Å². The van der Waals surface area contributed by atoms with Gasteiger partial charge in [0.25, 0.3) is 11.6 Å². The summed E-state index contributed by atoms with van der Waals surface area (Å²) in [6, 6.07) is 12.0. The molecule has 0 fully saturated rings. The number of aryl methyl sites for hydroxylation is 1. The van der Waals surface area contributed by atoms with E-state index in [9.17, 15) is 14.9 Å². The Bertz CT molecular complexity index is 716. The second kappa shape index (κ2) is 7.09. The number of nitrogens with zero attached hydrogens (tertiary/aromatic N) is 1. The molecule has 2 aromatic rings. The van der Waals surface area contributed by atoms with E-state index >= 15 is 0 Å². The second-order valence-electron chi connectivity index (χ2n) is 4.65. The highest BCUT2D eigenvalue weighted by Crippen LogP contribution is 2.28. The Morgan fingerprint density at radius 1 is 1.27 bits per heavy atom. The van der Waals surface area contributed by atoms with E-state index < -0.39 is 4.92 Å². The Hall–Kier alpha value is -2.34. The van der Waals surface area contributed by atoms with Crippen LogP contribution >= 0.6 is 11.8 Å². The largest absolute Gasteiger partial charge is 0.322 e. The first-order chi connectivity index (χ1) is 10.5. The third-order valence-corrected chi connectivity index (χ3v) is 4.02. The molecule has 2 aromatic carbocycles. The molecule has 114 valence electrons. The number of carbonyl (C=O) groups excluding carboxylic acids is 1. The van der Waals surface area contributed by atoms with E-state index in [0.29, 0.717) is 10.6 Å². The van der Waals surface area contributed by atoms with Crippen LogP contribution in [0.25, 0.3) is 0 Å². The third kappa shape index (κ3) is 3.65. The van der Waals surface area contributed by atoms with E-state index in [2.05, 4.69) is 5.32 Å². The van der Waals surface area contributed by atoms with E-state index in [0.717, 1.165) is 12.0 Å². The highest BCUT2D eigenvalue weighted by molar-refractivity contribution is 7.98. The molecule has 5 nitrogen and oxygen atoms in total. The third-order valence-electron chi connectivity index (χ3n) is 3.23. The average Bonchev–Trinajstić information content (AvgIpc) is 2.54. The number of hydrogen-bond donors (Lipinski definition) is 1. The molecule has 0 aliphatic heterocycles. The van der Waals surface area contributed by atoms with Crippen LogP contribution in [0, 0.1) is 10.1 Å². The summed E-state index contributed by atoms with van der Waals surface area (Å²) in [6.07, 6.45) is 2.63. The number of nitro groups is 1. The fourth-order valence-electron chi connectivity index (χ4n) is 2.05. The molecule has 0 unspecified atom stereocenters. The van der Waals surface area contributed by atoms with Crippen molar-refractivity contribution in [3.63, 3.8) is 0 Å². The summed E-state index contributed by atoms with van der Waals surface area (Å²) in [6.45, 7) is 2.03. The van der Waals surface area contributed by atoms with Gasteiger partial charge in [-0.1, -0.05) is 19.1 Å². The van der Waals surface area contributed by atoms with Crippen molar-refractivity contribution in [1.82, 2.24) is 0 Å². The van der Waals surface area contributed by atoms with Gasteiger partial charge in [0.15, 0.2) is 0 Å². The zero-order chi connectivity index (χ0) is 16.1. The Balaban J connectivity index is 2.25. The van der Waals surface area contributed by atoms with E-state index in [1.54, 1.807) is 24.5 Å². The molecule has 0 saturated heterocycles. The minimum absolute atomic E-state index is 0.0533. The summed E-state index contributed by atoms with van der Waals surface area (Å²) in [5.41, 5.74) is 2.01. The summed E-state index contributed by atoms with van der Waals surface area (Å²) in [5, 5.41) is 13.8. The highest BCUT2D eigenvalue weighted by Gasteiger charge is 2.17. The van der Waals surface area contributed by atoms with Gasteiger partial charge in [0.05, 0.1) is 9.82 Å². The number of carbonyl (C=O) groups is 1. The van der Waals surface area contributed by atoms with Crippen LogP contribution in [0.15, 0.2) is 47.4 Å². The number of thioether (sulfide) groups is 1. The standard InChI is InChI=1S/C16H16N2O3S/c1-3-11-5-4-6-13(9-11)17-16(19)12-7-8-15(22-2)14(10-12)18(20)21/h4-10H,3H2,1-2H3,(H,17,19). The van der Waals surface area contributed by atoms with Gasteiger partial charge in [0.1, 0.15) is 0 Å².